The van der Waals surface area contributed by atoms with Crippen LogP contribution in [0, 0.1) is 0 Å². The summed E-state index contributed by atoms with van der Waals surface area (Å²) in [5.41, 5.74) is 3.90. The molecule has 0 spiro atoms. The summed E-state index contributed by atoms with van der Waals surface area (Å²) >= 11 is 6.15. The molecule has 1 aromatic heterocycles. The van der Waals surface area contributed by atoms with E-state index >= 15 is 0 Å². The zero-order valence-corrected chi connectivity index (χ0v) is 22.1. The van der Waals surface area contributed by atoms with E-state index in [-0.39, 0.29) is 17.5 Å². The second-order valence-corrected chi connectivity index (χ2v) is 10.0. The molecule has 3 N–H and O–H groups in total. The smallest absolute Gasteiger partial charge is 0.240 e. The Kier molecular flexibility index (Phi) is 7.37. The van der Waals surface area contributed by atoms with E-state index in [1.165, 1.54) is 0 Å². The Morgan fingerprint density at radius 1 is 1.00 bits per heavy atom. The Bertz CT molecular complexity index is 1470. The van der Waals surface area contributed by atoms with Crippen molar-refractivity contribution in [2.45, 2.75) is 0 Å². The SMILES string of the molecule is CN1CCN(CC(=O)N(C)c2ccc(N=C(c3ccc(O)cc3)c3c(O)[nH]c4cc(Cl)ccc34)cc2)CC1. The van der Waals surface area contributed by atoms with Crippen molar-refractivity contribution >= 4 is 45.5 Å². The minimum atomic E-state index is -0.0278. The van der Waals surface area contributed by atoms with Crippen molar-refractivity contribution in [1.29, 1.82) is 0 Å². The van der Waals surface area contributed by atoms with E-state index < -0.39 is 0 Å². The van der Waals surface area contributed by atoms with E-state index in [0.717, 1.165) is 42.8 Å². The Labute approximate surface area is 226 Å². The number of benzene rings is 3. The fraction of sp³-hybridized carbons (Fsp3) is 0.241. The first-order chi connectivity index (χ1) is 18.3. The molecule has 1 saturated heterocycles. The van der Waals surface area contributed by atoms with Crippen LogP contribution in [0.15, 0.2) is 71.7 Å². The number of hydrogen-bond donors (Lipinski definition) is 3. The molecule has 5 rings (SSSR count). The van der Waals surface area contributed by atoms with Gasteiger partial charge in [-0.3, -0.25) is 9.69 Å². The van der Waals surface area contributed by atoms with Gasteiger partial charge in [0.25, 0.3) is 0 Å². The molecule has 0 radical (unpaired) electrons. The third-order valence-electron chi connectivity index (χ3n) is 6.93. The van der Waals surface area contributed by atoms with Crippen molar-refractivity contribution in [3.8, 4) is 11.6 Å². The molecule has 2 heterocycles. The number of H-pyrrole nitrogens is 1. The first-order valence-electron chi connectivity index (χ1n) is 12.4. The number of aromatic amines is 1. The van der Waals surface area contributed by atoms with Crippen LogP contribution in [0.1, 0.15) is 11.1 Å². The summed E-state index contributed by atoms with van der Waals surface area (Å²) in [6.07, 6.45) is 0. The lowest BCUT2D eigenvalue weighted by Gasteiger charge is -2.32. The Balaban J connectivity index is 1.44. The topological polar surface area (TPSA) is 95.4 Å². The maximum absolute atomic E-state index is 12.9. The maximum Gasteiger partial charge on any atom is 0.240 e. The van der Waals surface area contributed by atoms with Crippen LogP contribution in [0.25, 0.3) is 10.9 Å². The number of aliphatic imine (C=N–C) groups is 1. The number of carbonyl (C=O) groups excluding carboxylic acids is 1. The van der Waals surface area contributed by atoms with Gasteiger partial charge in [-0.05, 0) is 67.7 Å². The molecule has 4 aromatic rings. The third-order valence-corrected chi connectivity index (χ3v) is 7.16. The number of rotatable bonds is 6. The zero-order valence-electron chi connectivity index (χ0n) is 21.4. The Hall–Kier alpha value is -3.85. The summed E-state index contributed by atoms with van der Waals surface area (Å²) in [5, 5.41) is 22.0. The van der Waals surface area contributed by atoms with Gasteiger partial charge in [0, 0.05) is 54.9 Å². The molecule has 0 saturated carbocycles. The predicted molar refractivity (Wildman–Crippen MR) is 152 cm³/mol. The average molecular weight is 532 g/mol. The van der Waals surface area contributed by atoms with Gasteiger partial charge in [-0.15, -0.1) is 0 Å². The first-order valence-corrected chi connectivity index (χ1v) is 12.8. The van der Waals surface area contributed by atoms with Crippen LogP contribution in [-0.4, -0.2) is 83.4 Å². The van der Waals surface area contributed by atoms with E-state index in [2.05, 4.69) is 21.8 Å². The molecule has 9 heteroatoms. The van der Waals surface area contributed by atoms with Gasteiger partial charge in [0.1, 0.15) is 5.75 Å². The lowest BCUT2D eigenvalue weighted by Crippen LogP contribution is -2.48. The molecule has 8 nitrogen and oxygen atoms in total. The van der Waals surface area contributed by atoms with E-state index in [1.807, 2.05) is 30.3 Å². The van der Waals surface area contributed by atoms with Crippen molar-refractivity contribution in [2.75, 3.05) is 51.7 Å². The molecular weight excluding hydrogens is 502 g/mol. The third kappa shape index (κ3) is 5.52. The molecule has 0 unspecified atom stereocenters. The number of aromatic hydroxyl groups is 2. The number of aromatic nitrogens is 1. The minimum absolute atomic E-state index is 0.0278. The first kappa shape index (κ1) is 25.8. The van der Waals surface area contributed by atoms with Gasteiger partial charge in [-0.25, -0.2) is 4.99 Å². The van der Waals surface area contributed by atoms with Crippen molar-refractivity contribution < 1.29 is 15.0 Å². The minimum Gasteiger partial charge on any atom is -0.508 e. The quantitative estimate of drug-likeness (QED) is 0.316. The average Bonchev–Trinajstić information content (AvgIpc) is 3.23. The van der Waals surface area contributed by atoms with Gasteiger partial charge in [0.05, 0.1) is 29.0 Å². The second-order valence-electron chi connectivity index (χ2n) is 9.59. The molecule has 1 fully saturated rings. The van der Waals surface area contributed by atoms with Gasteiger partial charge >= 0.3 is 0 Å². The summed E-state index contributed by atoms with van der Waals surface area (Å²) < 4.78 is 0. The standard InChI is InChI=1S/C29H30ClN5O3/c1-33-13-15-35(16-14-33)18-26(37)34(2)22-8-6-21(7-9-22)31-28(19-3-10-23(36)11-4-19)27-24-12-5-20(30)17-25(24)32-29(27)38/h3-12,17,32,36,38H,13-16,18H2,1-2H3. The van der Waals surface area contributed by atoms with Crippen molar-refractivity contribution in [3.63, 3.8) is 0 Å². The molecule has 1 aliphatic heterocycles. The molecule has 3 aromatic carbocycles. The number of phenols is 1. The van der Waals surface area contributed by atoms with Crippen LogP contribution >= 0.6 is 11.6 Å². The van der Waals surface area contributed by atoms with Gasteiger partial charge in [-0.1, -0.05) is 17.7 Å². The molecule has 0 bridgehead atoms. The van der Waals surface area contributed by atoms with Crippen LogP contribution < -0.4 is 4.90 Å². The molecule has 0 atom stereocenters. The van der Waals surface area contributed by atoms with Crippen LogP contribution in [0.3, 0.4) is 0 Å². The van der Waals surface area contributed by atoms with Crippen molar-refractivity contribution in [3.05, 3.63) is 82.9 Å². The fourth-order valence-corrected chi connectivity index (χ4v) is 4.78. The van der Waals surface area contributed by atoms with Gasteiger partial charge < -0.3 is 25.0 Å². The number of nitrogens with zero attached hydrogens (tertiary/aromatic N) is 4. The summed E-state index contributed by atoms with van der Waals surface area (Å²) in [4.78, 5) is 26.9. The highest BCUT2D eigenvalue weighted by atomic mass is 35.5. The lowest BCUT2D eigenvalue weighted by atomic mass is 10.0. The van der Waals surface area contributed by atoms with Gasteiger partial charge in [-0.2, -0.15) is 0 Å². The van der Waals surface area contributed by atoms with Crippen LogP contribution in [0.2, 0.25) is 5.02 Å². The highest BCUT2D eigenvalue weighted by Gasteiger charge is 2.21. The number of carbonyl (C=O) groups is 1. The number of nitrogens with one attached hydrogen (secondary N) is 1. The monoisotopic (exact) mass is 531 g/mol. The molecule has 1 amide bonds. The number of anilines is 1. The molecule has 38 heavy (non-hydrogen) atoms. The summed E-state index contributed by atoms with van der Waals surface area (Å²) in [6, 6.07) is 19.4. The van der Waals surface area contributed by atoms with Crippen molar-refractivity contribution in [2.24, 2.45) is 4.99 Å². The number of amides is 1. The highest BCUT2D eigenvalue weighted by Crippen LogP contribution is 2.33. The number of halogens is 1. The molecule has 196 valence electrons. The second kappa shape index (κ2) is 10.9. The van der Waals surface area contributed by atoms with E-state index in [4.69, 9.17) is 16.6 Å². The summed E-state index contributed by atoms with van der Waals surface area (Å²) in [6.45, 7) is 4.09. The van der Waals surface area contributed by atoms with E-state index in [9.17, 15) is 15.0 Å². The fourth-order valence-electron chi connectivity index (χ4n) is 4.61. The van der Waals surface area contributed by atoms with Crippen LogP contribution in [0.4, 0.5) is 11.4 Å². The zero-order chi connectivity index (χ0) is 26.8. The number of hydrogen-bond acceptors (Lipinski definition) is 6. The lowest BCUT2D eigenvalue weighted by molar-refractivity contribution is -0.119. The Morgan fingerprint density at radius 3 is 2.37 bits per heavy atom. The molecular formula is C29H30ClN5O3. The number of fused-ring (bicyclic) bond motifs is 1. The van der Waals surface area contributed by atoms with E-state index in [1.54, 1.807) is 48.3 Å². The Morgan fingerprint density at radius 2 is 1.68 bits per heavy atom. The maximum atomic E-state index is 12.9. The van der Waals surface area contributed by atoms with E-state index in [0.29, 0.717) is 34.0 Å². The van der Waals surface area contributed by atoms with Crippen LogP contribution in [0.5, 0.6) is 11.6 Å². The largest absolute Gasteiger partial charge is 0.508 e. The number of likely N-dealkylation sites (N-methyl/N-ethyl adjacent to an activating group) is 2. The predicted octanol–water partition coefficient (Wildman–Crippen LogP) is 4.61. The summed E-state index contributed by atoms with van der Waals surface area (Å²) in [7, 11) is 3.88. The number of phenolic OH excluding ortho intramolecular Hbond substituents is 1. The normalized spacial score (nSPS) is 15.2. The summed E-state index contributed by atoms with van der Waals surface area (Å²) in [5.74, 6) is 0.148. The number of piperazine rings is 1. The van der Waals surface area contributed by atoms with Crippen LogP contribution in [-0.2, 0) is 4.79 Å². The molecule has 1 aliphatic rings. The molecule has 0 aliphatic carbocycles. The van der Waals surface area contributed by atoms with Gasteiger partial charge in [0.15, 0.2) is 5.88 Å². The highest BCUT2D eigenvalue weighted by molar-refractivity contribution is 6.31. The van der Waals surface area contributed by atoms with Gasteiger partial charge in [0.2, 0.25) is 5.91 Å². The van der Waals surface area contributed by atoms with Crippen molar-refractivity contribution in [1.82, 2.24) is 14.8 Å².